The SMILES string of the molecule is CCN(CC)CCN(C(=O)c1ccc(N2CCCCC2)c([N+](=O)[O-])c1)c1nc2ccccc2s1.Cl. The van der Waals surface area contributed by atoms with E-state index in [2.05, 4.69) is 23.6 Å². The highest BCUT2D eigenvalue weighted by Crippen LogP contribution is 2.33. The summed E-state index contributed by atoms with van der Waals surface area (Å²) in [7, 11) is 0. The summed E-state index contributed by atoms with van der Waals surface area (Å²) in [4.78, 5) is 35.9. The van der Waals surface area contributed by atoms with Gasteiger partial charge in [0.05, 0.1) is 15.1 Å². The Morgan fingerprint density at radius 3 is 2.46 bits per heavy atom. The maximum atomic E-state index is 13.7. The highest BCUT2D eigenvalue weighted by Gasteiger charge is 2.27. The number of benzene rings is 2. The van der Waals surface area contributed by atoms with Gasteiger partial charge in [-0.05, 0) is 56.6 Å². The number of aromatic nitrogens is 1. The lowest BCUT2D eigenvalue weighted by atomic mass is 10.1. The van der Waals surface area contributed by atoms with Crippen molar-refractivity contribution in [1.82, 2.24) is 9.88 Å². The number of nitrogens with zero attached hydrogens (tertiary/aromatic N) is 5. The predicted octanol–water partition coefficient (Wildman–Crippen LogP) is 5.61. The summed E-state index contributed by atoms with van der Waals surface area (Å²) in [6.07, 6.45) is 3.19. The van der Waals surface area contributed by atoms with Crippen LogP contribution in [0.5, 0.6) is 0 Å². The molecule has 1 amide bonds. The number of hydrogen-bond donors (Lipinski definition) is 0. The number of anilines is 2. The van der Waals surface area contributed by atoms with E-state index in [9.17, 15) is 14.9 Å². The van der Waals surface area contributed by atoms with Gasteiger partial charge in [0.25, 0.3) is 11.6 Å². The van der Waals surface area contributed by atoms with Gasteiger partial charge in [-0.25, -0.2) is 4.98 Å². The average molecular weight is 518 g/mol. The van der Waals surface area contributed by atoms with Crippen LogP contribution >= 0.6 is 23.7 Å². The van der Waals surface area contributed by atoms with Crippen molar-refractivity contribution in [2.45, 2.75) is 33.1 Å². The van der Waals surface area contributed by atoms with Gasteiger partial charge in [0.1, 0.15) is 5.69 Å². The molecule has 1 saturated heterocycles. The summed E-state index contributed by atoms with van der Waals surface area (Å²) in [6.45, 7) is 8.71. The molecule has 8 nitrogen and oxygen atoms in total. The van der Waals surface area contributed by atoms with E-state index in [4.69, 9.17) is 4.98 Å². The molecule has 0 bridgehead atoms. The molecule has 2 heterocycles. The van der Waals surface area contributed by atoms with Crippen molar-refractivity contribution in [2.24, 2.45) is 0 Å². The number of nitro groups is 1. The standard InChI is InChI=1S/C25H31N5O3S.ClH/c1-3-27(4-2)16-17-29(25-26-20-10-6-7-11-23(20)34-25)24(31)19-12-13-21(22(18-19)30(32)33)28-14-8-5-9-15-28;/h6-7,10-13,18H,3-5,8-9,14-17H2,1-2H3;1H. The number of carbonyl (C=O) groups excluding carboxylic acids is 1. The van der Waals surface area contributed by atoms with E-state index in [0.717, 1.165) is 55.7 Å². The van der Waals surface area contributed by atoms with Crippen LogP contribution in [-0.4, -0.2) is 60.0 Å². The highest BCUT2D eigenvalue weighted by atomic mass is 35.5. The molecular formula is C25H32ClN5O3S. The number of piperidine rings is 1. The van der Waals surface area contributed by atoms with Crippen LogP contribution < -0.4 is 9.80 Å². The van der Waals surface area contributed by atoms with E-state index in [0.29, 0.717) is 29.5 Å². The van der Waals surface area contributed by atoms with Crippen LogP contribution in [0.4, 0.5) is 16.5 Å². The largest absolute Gasteiger partial charge is 0.366 e. The quantitative estimate of drug-likeness (QED) is 0.271. The Bertz CT molecular complexity index is 1130. The van der Waals surface area contributed by atoms with Crippen LogP contribution in [0.15, 0.2) is 42.5 Å². The first-order valence-corrected chi connectivity index (χ1v) is 12.8. The summed E-state index contributed by atoms with van der Waals surface area (Å²) < 4.78 is 1.00. The van der Waals surface area contributed by atoms with Gasteiger partial charge in [-0.15, -0.1) is 12.4 Å². The van der Waals surface area contributed by atoms with Crippen molar-refractivity contribution in [3.05, 3.63) is 58.1 Å². The van der Waals surface area contributed by atoms with E-state index in [-0.39, 0.29) is 28.9 Å². The predicted molar refractivity (Wildman–Crippen MR) is 145 cm³/mol. The Morgan fingerprint density at radius 1 is 1.09 bits per heavy atom. The van der Waals surface area contributed by atoms with Gasteiger partial charge in [0.2, 0.25) is 0 Å². The third-order valence-electron chi connectivity index (χ3n) is 6.41. The minimum Gasteiger partial charge on any atom is -0.366 e. The molecule has 0 saturated carbocycles. The van der Waals surface area contributed by atoms with Crippen molar-refractivity contribution < 1.29 is 9.72 Å². The molecular weight excluding hydrogens is 486 g/mol. The number of halogens is 1. The lowest BCUT2D eigenvalue weighted by molar-refractivity contribution is -0.384. The Hall–Kier alpha value is -2.75. The maximum absolute atomic E-state index is 13.7. The van der Waals surface area contributed by atoms with Crippen molar-refractivity contribution >= 4 is 56.4 Å². The second-order valence-electron chi connectivity index (χ2n) is 8.46. The lowest BCUT2D eigenvalue weighted by Crippen LogP contribution is -2.39. The van der Waals surface area contributed by atoms with Gasteiger partial charge in [0, 0.05) is 37.8 Å². The van der Waals surface area contributed by atoms with Crippen LogP contribution in [0.2, 0.25) is 0 Å². The Labute approximate surface area is 216 Å². The van der Waals surface area contributed by atoms with Crippen LogP contribution in [0, 0.1) is 10.1 Å². The molecule has 2 aromatic carbocycles. The Balaban J connectivity index is 0.00000342. The number of rotatable bonds is 9. The number of thiazole rings is 1. The summed E-state index contributed by atoms with van der Waals surface area (Å²) in [5, 5.41) is 12.5. The first kappa shape index (κ1) is 26.8. The minimum absolute atomic E-state index is 0. The molecule has 0 atom stereocenters. The fourth-order valence-corrected chi connectivity index (χ4v) is 5.39. The third-order valence-corrected chi connectivity index (χ3v) is 7.47. The Kier molecular flexibility index (Phi) is 9.42. The minimum atomic E-state index is -0.376. The van der Waals surface area contributed by atoms with Gasteiger partial charge < -0.3 is 9.80 Å². The van der Waals surface area contributed by atoms with Crippen LogP contribution in [-0.2, 0) is 0 Å². The second-order valence-corrected chi connectivity index (χ2v) is 9.47. The number of carbonyl (C=O) groups is 1. The van der Waals surface area contributed by atoms with Crippen LogP contribution in [0.3, 0.4) is 0 Å². The fraction of sp³-hybridized carbons (Fsp3) is 0.440. The summed E-state index contributed by atoms with van der Waals surface area (Å²) in [5.41, 5.74) is 1.73. The first-order valence-electron chi connectivity index (χ1n) is 11.9. The van der Waals surface area contributed by atoms with Crippen molar-refractivity contribution in [3.8, 4) is 0 Å². The smallest absolute Gasteiger partial charge is 0.293 e. The van der Waals surface area contributed by atoms with E-state index in [1.54, 1.807) is 17.0 Å². The molecule has 0 aliphatic carbocycles. The first-order chi connectivity index (χ1) is 16.5. The molecule has 0 unspecified atom stereocenters. The lowest BCUT2D eigenvalue weighted by Gasteiger charge is -2.28. The summed E-state index contributed by atoms with van der Waals surface area (Å²) >= 11 is 1.46. The molecule has 1 aromatic heterocycles. The monoisotopic (exact) mass is 517 g/mol. The van der Waals surface area contributed by atoms with Gasteiger partial charge in [-0.1, -0.05) is 37.3 Å². The number of amides is 1. The molecule has 0 N–H and O–H groups in total. The molecule has 1 aliphatic heterocycles. The molecule has 0 radical (unpaired) electrons. The van der Waals surface area contributed by atoms with Crippen molar-refractivity contribution in [2.75, 3.05) is 49.1 Å². The Morgan fingerprint density at radius 2 is 1.80 bits per heavy atom. The van der Waals surface area contributed by atoms with E-state index in [1.165, 1.54) is 17.4 Å². The summed E-state index contributed by atoms with van der Waals surface area (Å²) in [5.74, 6) is -0.264. The maximum Gasteiger partial charge on any atom is 0.293 e. The fourth-order valence-electron chi connectivity index (χ4n) is 4.40. The van der Waals surface area contributed by atoms with Crippen molar-refractivity contribution in [1.29, 1.82) is 0 Å². The van der Waals surface area contributed by atoms with Crippen molar-refractivity contribution in [3.63, 3.8) is 0 Å². The highest BCUT2D eigenvalue weighted by molar-refractivity contribution is 7.22. The van der Waals surface area contributed by atoms with Gasteiger partial charge in [0.15, 0.2) is 5.13 Å². The van der Waals surface area contributed by atoms with Crippen LogP contribution in [0.1, 0.15) is 43.5 Å². The zero-order valence-electron chi connectivity index (χ0n) is 20.2. The molecule has 1 fully saturated rings. The zero-order valence-corrected chi connectivity index (χ0v) is 21.8. The van der Waals surface area contributed by atoms with Gasteiger partial charge in [-0.3, -0.25) is 19.8 Å². The van der Waals surface area contributed by atoms with Gasteiger partial charge >= 0.3 is 0 Å². The molecule has 188 valence electrons. The van der Waals surface area contributed by atoms with Gasteiger partial charge in [-0.2, -0.15) is 0 Å². The molecule has 4 rings (SSSR count). The number of para-hydroxylation sites is 1. The van der Waals surface area contributed by atoms with Crippen LogP contribution in [0.25, 0.3) is 10.2 Å². The number of hydrogen-bond acceptors (Lipinski definition) is 7. The average Bonchev–Trinajstić information content (AvgIpc) is 3.30. The summed E-state index contributed by atoms with van der Waals surface area (Å²) in [6, 6.07) is 12.7. The second kappa shape index (κ2) is 12.3. The molecule has 1 aliphatic rings. The molecule has 3 aromatic rings. The molecule has 0 spiro atoms. The van der Waals surface area contributed by atoms with E-state index < -0.39 is 0 Å². The zero-order chi connectivity index (χ0) is 24.1. The molecule has 35 heavy (non-hydrogen) atoms. The van der Waals surface area contributed by atoms with E-state index in [1.807, 2.05) is 24.3 Å². The number of likely N-dealkylation sites (N-methyl/N-ethyl adjacent to an activating group) is 1. The third kappa shape index (κ3) is 6.09. The number of nitro benzene ring substituents is 1. The van der Waals surface area contributed by atoms with E-state index >= 15 is 0 Å². The number of fused-ring (bicyclic) bond motifs is 1. The molecule has 10 heteroatoms. The normalized spacial score (nSPS) is 13.6. The topological polar surface area (TPSA) is 82.8 Å².